The van der Waals surface area contributed by atoms with Gasteiger partial charge in [0.05, 0.1) is 0 Å². The van der Waals surface area contributed by atoms with E-state index in [2.05, 4.69) is 26.0 Å². The Bertz CT molecular complexity index is 869. The van der Waals surface area contributed by atoms with Crippen molar-refractivity contribution in [1.82, 2.24) is 0 Å². The highest BCUT2D eigenvalue weighted by atomic mass is 16.6. The summed E-state index contributed by atoms with van der Waals surface area (Å²) in [5.74, 6) is 5.17. The van der Waals surface area contributed by atoms with Crippen LogP contribution in [0.3, 0.4) is 0 Å². The number of ketones is 1. The molecular formula is C24H28O3. The lowest BCUT2D eigenvalue weighted by atomic mass is 9.45. The molecule has 27 heavy (non-hydrogen) atoms. The Kier molecular flexibility index (Phi) is 2.46. The van der Waals surface area contributed by atoms with E-state index in [1.54, 1.807) is 6.08 Å². The van der Waals surface area contributed by atoms with Crippen molar-refractivity contribution in [2.24, 2.45) is 52.3 Å². The molecule has 0 aromatic carbocycles. The topological polar surface area (TPSA) is 43.4 Å². The molecule has 5 fully saturated rings. The molecule has 1 aliphatic heterocycles. The van der Waals surface area contributed by atoms with E-state index in [0.717, 1.165) is 42.9 Å². The van der Waals surface area contributed by atoms with E-state index in [1.165, 1.54) is 24.8 Å². The number of hydrogen-bond donors (Lipinski definition) is 0. The number of esters is 1. The van der Waals surface area contributed by atoms with E-state index in [0.29, 0.717) is 23.5 Å². The smallest absolute Gasteiger partial charge is 0.331 e. The zero-order chi connectivity index (χ0) is 18.3. The summed E-state index contributed by atoms with van der Waals surface area (Å²) in [5.41, 5.74) is 1.55. The van der Waals surface area contributed by atoms with Crippen molar-refractivity contribution in [2.75, 3.05) is 0 Å². The molecule has 0 saturated heterocycles. The summed E-state index contributed by atoms with van der Waals surface area (Å²) in [6.07, 6.45) is 12.6. The van der Waals surface area contributed by atoms with Gasteiger partial charge in [-0.05, 0) is 85.2 Å². The predicted molar refractivity (Wildman–Crippen MR) is 99.4 cm³/mol. The van der Waals surface area contributed by atoms with Gasteiger partial charge in [-0.15, -0.1) is 0 Å². The fourth-order valence-corrected chi connectivity index (χ4v) is 9.34. The summed E-state index contributed by atoms with van der Waals surface area (Å²) >= 11 is 0. The van der Waals surface area contributed by atoms with Crippen LogP contribution in [-0.2, 0) is 14.3 Å². The van der Waals surface area contributed by atoms with E-state index in [1.807, 2.05) is 0 Å². The maximum atomic E-state index is 12.1. The first-order valence-corrected chi connectivity index (χ1v) is 11.1. The number of rotatable bonds is 0. The molecule has 7 unspecified atom stereocenters. The highest BCUT2D eigenvalue weighted by Crippen LogP contribution is 2.81. The van der Waals surface area contributed by atoms with Crippen molar-refractivity contribution < 1.29 is 14.3 Å². The van der Waals surface area contributed by atoms with Crippen LogP contribution in [0.15, 0.2) is 23.8 Å². The van der Waals surface area contributed by atoms with E-state index < -0.39 is 0 Å². The van der Waals surface area contributed by atoms with Gasteiger partial charge in [0.15, 0.2) is 5.78 Å². The van der Waals surface area contributed by atoms with Crippen LogP contribution in [-0.4, -0.2) is 17.4 Å². The SMILES string of the molecule is C[C@]12CCC(=O)C=C1C1CC1C1C2CC[C@@]2(C)C1C1CC1[C@@]21C=CC(=O)O1. The molecular weight excluding hydrogens is 336 g/mol. The quantitative estimate of drug-likeness (QED) is 0.608. The molecule has 5 saturated carbocycles. The summed E-state index contributed by atoms with van der Waals surface area (Å²) < 4.78 is 6.10. The summed E-state index contributed by atoms with van der Waals surface area (Å²) in [4.78, 5) is 24.2. The molecule has 7 rings (SSSR count). The van der Waals surface area contributed by atoms with Gasteiger partial charge in [-0.2, -0.15) is 0 Å². The van der Waals surface area contributed by atoms with Crippen LogP contribution in [0.5, 0.6) is 0 Å². The van der Waals surface area contributed by atoms with Crippen LogP contribution in [0.2, 0.25) is 0 Å². The Morgan fingerprint density at radius 1 is 1.07 bits per heavy atom. The summed E-state index contributed by atoms with van der Waals surface area (Å²) in [5, 5.41) is 0. The van der Waals surface area contributed by atoms with Gasteiger partial charge in [0.1, 0.15) is 5.60 Å². The second kappa shape index (κ2) is 4.28. The van der Waals surface area contributed by atoms with Gasteiger partial charge >= 0.3 is 5.97 Å². The molecule has 0 aromatic heterocycles. The Hall–Kier alpha value is -1.38. The first-order valence-electron chi connectivity index (χ1n) is 11.1. The van der Waals surface area contributed by atoms with E-state index in [-0.39, 0.29) is 22.4 Å². The van der Waals surface area contributed by atoms with Gasteiger partial charge in [0.2, 0.25) is 0 Å². The highest BCUT2D eigenvalue weighted by Gasteiger charge is 2.80. The van der Waals surface area contributed by atoms with Gasteiger partial charge in [-0.1, -0.05) is 19.4 Å². The number of carbonyl (C=O) groups excluding carboxylic acids is 2. The first-order chi connectivity index (χ1) is 12.9. The third-order valence-corrected chi connectivity index (χ3v) is 10.5. The van der Waals surface area contributed by atoms with E-state index in [9.17, 15) is 9.59 Å². The molecule has 0 radical (unpaired) electrons. The molecule has 3 nitrogen and oxygen atoms in total. The molecule has 1 spiro atoms. The van der Waals surface area contributed by atoms with Gasteiger partial charge in [0, 0.05) is 23.8 Å². The third kappa shape index (κ3) is 1.53. The molecule has 0 bridgehead atoms. The lowest BCUT2D eigenvalue weighted by Crippen LogP contribution is -2.57. The van der Waals surface area contributed by atoms with Crippen LogP contribution in [0.4, 0.5) is 0 Å². The lowest BCUT2D eigenvalue weighted by molar-refractivity contribution is -0.170. The first kappa shape index (κ1) is 15.5. The van der Waals surface area contributed by atoms with Crippen molar-refractivity contribution in [2.45, 2.75) is 58.0 Å². The molecule has 0 N–H and O–H groups in total. The van der Waals surface area contributed by atoms with Crippen LogP contribution in [0.25, 0.3) is 0 Å². The standard InChI is InChI=1S/C24H28O3/c1-22-6-3-12(25)9-17(22)13-10-14(13)20-16(22)4-7-23(2)21(20)15-11-18(15)24(23)8-5-19(26)27-24/h5,8-9,13-16,18,20-21H,3-4,6-7,10-11H2,1-2H3/t13?,14?,15?,16?,18?,20?,21?,22-,23+,24+/m1/s1. The zero-order valence-corrected chi connectivity index (χ0v) is 16.2. The normalized spacial score (nSPS) is 61.4. The molecule has 6 aliphatic carbocycles. The van der Waals surface area contributed by atoms with Crippen molar-refractivity contribution in [3.63, 3.8) is 0 Å². The molecule has 3 heteroatoms. The Balaban J connectivity index is 1.34. The number of allylic oxidation sites excluding steroid dienone is 1. The molecule has 7 aliphatic rings. The minimum absolute atomic E-state index is 0.111. The van der Waals surface area contributed by atoms with Gasteiger partial charge < -0.3 is 4.74 Å². The molecule has 0 amide bonds. The summed E-state index contributed by atoms with van der Waals surface area (Å²) in [7, 11) is 0. The van der Waals surface area contributed by atoms with Crippen LogP contribution < -0.4 is 0 Å². The zero-order valence-electron chi connectivity index (χ0n) is 16.2. The number of hydrogen-bond acceptors (Lipinski definition) is 3. The molecule has 142 valence electrons. The van der Waals surface area contributed by atoms with E-state index >= 15 is 0 Å². The average Bonchev–Trinajstić information content (AvgIpc) is 3.53. The lowest BCUT2D eigenvalue weighted by Gasteiger charge is -2.59. The predicted octanol–water partition coefficient (Wildman–Crippen LogP) is 4.08. The third-order valence-electron chi connectivity index (χ3n) is 10.5. The van der Waals surface area contributed by atoms with Crippen molar-refractivity contribution in [3.8, 4) is 0 Å². The van der Waals surface area contributed by atoms with Gasteiger partial charge in [-0.3, -0.25) is 4.79 Å². The fourth-order valence-electron chi connectivity index (χ4n) is 9.34. The Morgan fingerprint density at radius 2 is 1.93 bits per heavy atom. The molecule has 0 aromatic rings. The maximum absolute atomic E-state index is 12.1. The van der Waals surface area contributed by atoms with Crippen molar-refractivity contribution in [1.29, 1.82) is 0 Å². The highest BCUT2D eigenvalue weighted by molar-refractivity contribution is 5.92. The fraction of sp³-hybridized carbons (Fsp3) is 0.750. The van der Waals surface area contributed by atoms with Crippen LogP contribution in [0.1, 0.15) is 52.4 Å². The summed E-state index contributed by atoms with van der Waals surface area (Å²) in [6.45, 7) is 4.92. The maximum Gasteiger partial charge on any atom is 0.331 e. The van der Waals surface area contributed by atoms with Crippen molar-refractivity contribution in [3.05, 3.63) is 23.8 Å². The Morgan fingerprint density at radius 3 is 2.70 bits per heavy atom. The summed E-state index contributed by atoms with van der Waals surface area (Å²) in [6, 6.07) is 0. The number of carbonyl (C=O) groups is 2. The second-order valence-corrected chi connectivity index (χ2v) is 11.2. The second-order valence-electron chi connectivity index (χ2n) is 11.2. The average molecular weight is 364 g/mol. The van der Waals surface area contributed by atoms with Gasteiger partial charge in [-0.25, -0.2) is 4.79 Å². The van der Waals surface area contributed by atoms with Crippen LogP contribution >= 0.6 is 0 Å². The molecule has 10 atom stereocenters. The van der Waals surface area contributed by atoms with Gasteiger partial charge in [0.25, 0.3) is 0 Å². The molecule has 1 heterocycles. The Labute approximate surface area is 160 Å². The number of fused-ring (bicyclic) bond motifs is 12. The monoisotopic (exact) mass is 364 g/mol. The van der Waals surface area contributed by atoms with Crippen LogP contribution in [0, 0.1) is 52.3 Å². The minimum atomic E-state index is -0.311. The van der Waals surface area contributed by atoms with Crippen molar-refractivity contribution >= 4 is 11.8 Å². The number of ether oxygens (including phenoxy) is 1. The largest absolute Gasteiger partial charge is 0.451 e. The minimum Gasteiger partial charge on any atom is -0.451 e. The van der Waals surface area contributed by atoms with E-state index in [4.69, 9.17) is 4.74 Å².